The molecule has 0 unspecified atom stereocenters. The summed E-state index contributed by atoms with van der Waals surface area (Å²) in [4.78, 5) is 21.9. The van der Waals surface area contributed by atoms with Gasteiger partial charge in [-0.2, -0.15) is 0 Å². The maximum atomic E-state index is 11.3. The van der Waals surface area contributed by atoms with Crippen molar-refractivity contribution < 1.29 is 9.72 Å². The number of hydrogen-bond acceptors (Lipinski definition) is 4. The summed E-state index contributed by atoms with van der Waals surface area (Å²) in [5.74, 6) is -0.609. The van der Waals surface area contributed by atoms with E-state index in [0.29, 0.717) is 11.3 Å². The predicted octanol–water partition coefficient (Wildman–Crippen LogP) is 4.08. The van der Waals surface area contributed by atoms with E-state index in [1.54, 1.807) is 12.1 Å². The molecule has 0 aliphatic rings. The van der Waals surface area contributed by atoms with Crippen LogP contribution in [-0.2, 0) is 4.79 Å². The SMILES string of the molecule is C[C@H](CC(N)=O)c1ccc(Nc2cccc(Br)c2)c([N+](=O)[O-])c1. The Kier molecular flexibility index (Phi) is 5.33. The van der Waals surface area contributed by atoms with E-state index < -0.39 is 10.8 Å². The molecule has 2 aromatic carbocycles. The lowest BCUT2D eigenvalue weighted by Crippen LogP contribution is -2.13. The molecule has 0 aliphatic heterocycles. The van der Waals surface area contributed by atoms with Crippen LogP contribution in [0.2, 0.25) is 0 Å². The van der Waals surface area contributed by atoms with Gasteiger partial charge in [0.05, 0.1) is 4.92 Å². The summed E-state index contributed by atoms with van der Waals surface area (Å²) < 4.78 is 0.872. The van der Waals surface area contributed by atoms with Gasteiger partial charge >= 0.3 is 0 Å². The van der Waals surface area contributed by atoms with Crippen LogP contribution in [0.3, 0.4) is 0 Å². The van der Waals surface area contributed by atoms with Crippen LogP contribution in [-0.4, -0.2) is 10.8 Å². The Morgan fingerprint density at radius 2 is 2.09 bits per heavy atom. The van der Waals surface area contributed by atoms with E-state index in [1.807, 2.05) is 31.2 Å². The van der Waals surface area contributed by atoms with Crippen LogP contribution in [0.15, 0.2) is 46.9 Å². The molecule has 0 aromatic heterocycles. The van der Waals surface area contributed by atoms with Crippen molar-refractivity contribution in [1.82, 2.24) is 0 Å². The third-order valence-corrected chi connectivity index (χ3v) is 3.89. The summed E-state index contributed by atoms with van der Waals surface area (Å²) in [6.07, 6.45) is 0.148. The summed E-state index contributed by atoms with van der Waals surface area (Å²) in [6.45, 7) is 1.81. The number of nitro groups is 1. The number of primary amides is 1. The number of nitro benzene ring substituents is 1. The highest BCUT2D eigenvalue weighted by Gasteiger charge is 2.18. The van der Waals surface area contributed by atoms with Crippen molar-refractivity contribution in [2.75, 3.05) is 5.32 Å². The minimum Gasteiger partial charge on any atom is -0.370 e. The van der Waals surface area contributed by atoms with Gasteiger partial charge in [0.15, 0.2) is 0 Å². The first-order valence-corrected chi connectivity index (χ1v) is 7.75. The highest BCUT2D eigenvalue weighted by Crippen LogP contribution is 2.32. The van der Waals surface area contributed by atoms with Crippen molar-refractivity contribution >= 4 is 38.9 Å². The van der Waals surface area contributed by atoms with Crippen molar-refractivity contribution in [3.05, 3.63) is 62.6 Å². The Bertz CT molecular complexity index is 749. The Morgan fingerprint density at radius 3 is 2.70 bits per heavy atom. The highest BCUT2D eigenvalue weighted by atomic mass is 79.9. The van der Waals surface area contributed by atoms with Crippen molar-refractivity contribution in [3.63, 3.8) is 0 Å². The molecule has 0 fully saturated rings. The van der Waals surface area contributed by atoms with E-state index in [-0.39, 0.29) is 18.0 Å². The lowest BCUT2D eigenvalue weighted by molar-refractivity contribution is -0.384. The molecule has 0 bridgehead atoms. The minimum absolute atomic E-state index is 0.0428. The largest absolute Gasteiger partial charge is 0.370 e. The number of nitrogens with one attached hydrogen (secondary N) is 1. The van der Waals surface area contributed by atoms with Crippen LogP contribution in [0, 0.1) is 10.1 Å². The minimum atomic E-state index is -0.444. The lowest BCUT2D eigenvalue weighted by Gasteiger charge is -2.12. The van der Waals surface area contributed by atoms with Crippen LogP contribution >= 0.6 is 15.9 Å². The quantitative estimate of drug-likeness (QED) is 0.585. The van der Waals surface area contributed by atoms with Crippen molar-refractivity contribution in [2.24, 2.45) is 5.73 Å². The molecule has 2 rings (SSSR count). The van der Waals surface area contributed by atoms with E-state index in [2.05, 4.69) is 21.2 Å². The molecule has 3 N–H and O–H groups in total. The second kappa shape index (κ2) is 7.23. The predicted molar refractivity (Wildman–Crippen MR) is 92.7 cm³/mol. The number of nitrogens with two attached hydrogens (primary N) is 1. The van der Waals surface area contributed by atoms with Crippen LogP contribution in [0.4, 0.5) is 17.1 Å². The number of benzene rings is 2. The fourth-order valence-corrected chi connectivity index (χ4v) is 2.65. The van der Waals surface area contributed by atoms with Crippen molar-refractivity contribution in [2.45, 2.75) is 19.3 Å². The summed E-state index contributed by atoms with van der Waals surface area (Å²) in [5, 5.41) is 14.4. The average Bonchev–Trinajstić information content (AvgIpc) is 2.46. The summed E-state index contributed by atoms with van der Waals surface area (Å²) in [5.41, 5.74) is 6.97. The normalized spacial score (nSPS) is 11.7. The number of hydrogen-bond donors (Lipinski definition) is 2. The van der Waals surface area contributed by atoms with Gasteiger partial charge in [-0.3, -0.25) is 14.9 Å². The van der Waals surface area contributed by atoms with Crippen LogP contribution in [0.1, 0.15) is 24.8 Å². The first kappa shape index (κ1) is 17.0. The molecule has 1 atom stereocenters. The van der Waals surface area contributed by atoms with Gasteiger partial charge in [0.25, 0.3) is 5.69 Å². The van der Waals surface area contributed by atoms with E-state index in [4.69, 9.17) is 5.73 Å². The van der Waals surface area contributed by atoms with Crippen LogP contribution in [0.5, 0.6) is 0 Å². The Balaban J connectivity index is 2.33. The summed E-state index contributed by atoms with van der Waals surface area (Å²) >= 11 is 3.36. The number of nitrogens with zero attached hydrogens (tertiary/aromatic N) is 1. The van der Waals surface area contributed by atoms with Gasteiger partial charge in [-0.15, -0.1) is 0 Å². The molecule has 23 heavy (non-hydrogen) atoms. The molecule has 0 spiro atoms. The molecular weight excluding hydrogens is 362 g/mol. The summed E-state index contributed by atoms with van der Waals surface area (Å²) in [7, 11) is 0. The van der Waals surface area contributed by atoms with Crippen molar-refractivity contribution in [1.29, 1.82) is 0 Å². The number of carbonyl (C=O) groups is 1. The van der Waals surface area contributed by atoms with Gasteiger partial charge in [0.1, 0.15) is 5.69 Å². The van der Waals surface area contributed by atoms with Gasteiger partial charge in [-0.25, -0.2) is 0 Å². The van der Waals surface area contributed by atoms with E-state index >= 15 is 0 Å². The lowest BCUT2D eigenvalue weighted by atomic mass is 9.96. The van der Waals surface area contributed by atoms with E-state index in [9.17, 15) is 14.9 Å². The smallest absolute Gasteiger partial charge is 0.292 e. The standard InChI is InChI=1S/C16H16BrN3O3/c1-10(7-16(18)21)11-5-6-14(15(8-11)20(22)23)19-13-4-2-3-12(17)9-13/h2-6,8-10,19H,7H2,1H3,(H2,18,21)/t10-/m1/s1. The molecule has 6 nitrogen and oxygen atoms in total. The molecule has 0 heterocycles. The van der Waals surface area contributed by atoms with Crippen LogP contribution in [0.25, 0.3) is 0 Å². The molecule has 0 aliphatic carbocycles. The first-order chi connectivity index (χ1) is 10.9. The molecule has 0 saturated carbocycles. The molecule has 0 saturated heterocycles. The third-order valence-electron chi connectivity index (χ3n) is 3.40. The maximum absolute atomic E-state index is 11.3. The Morgan fingerprint density at radius 1 is 1.35 bits per heavy atom. The Hall–Kier alpha value is -2.41. The molecule has 120 valence electrons. The monoisotopic (exact) mass is 377 g/mol. The second-order valence-corrected chi connectivity index (χ2v) is 6.16. The van der Waals surface area contributed by atoms with Gasteiger partial charge in [-0.05, 0) is 35.7 Å². The van der Waals surface area contributed by atoms with Crippen LogP contribution < -0.4 is 11.1 Å². The molecule has 1 amide bonds. The van der Waals surface area contributed by atoms with E-state index in [1.165, 1.54) is 6.07 Å². The Labute approximate surface area is 142 Å². The topological polar surface area (TPSA) is 98.3 Å². The third kappa shape index (κ3) is 4.53. The summed E-state index contributed by atoms with van der Waals surface area (Å²) in [6, 6.07) is 12.2. The number of rotatable bonds is 6. The zero-order valence-electron chi connectivity index (χ0n) is 12.5. The fraction of sp³-hybridized carbons (Fsp3) is 0.188. The van der Waals surface area contributed by atoms with E-state index in [0.717, 1.165) is 10.2 Å². The van der Waals surface area contributed by atoms with Crippen molar-refractivity contribution in [3.8, 4) is 0 Å². The first-order valence-electron chi connectivity index (χ1n) is 6.96. The molecule has 0 radical (unpaired) electrons. The second-order valence-electron chi connectivity index (χ2n) is 5.24. The zero-order valence-corrected chi connectivity index (χ0v) is 14.0. The number of amides is 1. The number of anilines is 2. The fourth-order valence-electron chi connectivity index (χ4n) is 2.25. The number of carbonyl (C=O) groups excluding carboxylic acids is 1. The zero-order chi connectivity index (χ0) is 17.0. The van der Waals surface area contributed by atoms with Gasteiger partial charge in [-0.1, -0.05) is 35.0 Å². The number of halogens is 1. The maximum Gasteiger partial charge on any atom is 0.292 e. The van der Waals surface area contributed by atoms with Gasteiger partial charge in [0.2, 0.25) is 5.91 Å². The van der Waals surface area contributed by atoms with Gasteiger partial charge < -0.3 is 11.1 Å². The molecular formula is C16H16BrN3O3. The highest BCUT2D eigenvalue weighted by molar-refractivity contribution is 9.10. The average molecular weight is 378 g/mol. The molecule has 7 heteroatoms. The molecule has 2 aromatic rings. The van der Waals surface area contributed by atoms with Gasteiger partial charge in [0, 0.05) is 22.6 Å².